The average Bonchev–Trinajstić information content (AvgIpc) is 3.04. The fourth-order valence-electron chi connectivity index (χ4n) is 2.47. The van der Waals surface area contributed by atoms with E-state index in [1.165, 1.54) is 0 Å². The molecule has 3 aromatic heterocycles. The second-order valence-corrected chi connectivity index (χ2v) is 6.15. The predicted octanol–water partition coefficient (Wildman–Crippen LogP) is 4.29. The maximum atomic E-state index is 4.47. The summed E-state index contributed by atoms with van der Waals surface area (Å²) in [6.45, 7) is 0. The molecule has 0 fully saturated rings. The number of nitrogens with zero attached hydrogens (tertiary/aromatic N) is 3. The van der Waals surface area contributed by atoms with E-state index in [9.17, 15) is 0 Å². The summed E-state index contributed by atoms with van der Waals surface area (Å²) in [6, 6.07) is 14.2. The minimum Gasteiger partial charge on any atom is -0.343 e. The van der Waals surface area contributed by atoms with Gasteiger partial charge in [0, 0.05) is 26.9 Å². The zero-order chi connectivity index (χ0) is 14.9. The lowest BCUT2D eigenvalue weighted by Crippen LogP contribution is -1.88. The van der Waals surface area contributed by atoms with Gasteiger partial charge in [0.05, 0.1) is 28.9 Å². The number of fused-ring (bicyclic) bond motifs is 1. The molecule has 0 spiro atoms. The van der Waals surface area contributed by atoms with Crippen LogP contribution in [0.4, 0.5) is 0 Å². The van der Waals surface area contributed by atoms with E-state index in [-0.39, 0.29) is 0 Å². The smallest absolute Gasteiger partial charge is 0.0977 e. The van der Waals surface area contributed by atoms with Gasteiger partial charge in [-0.05, 0) is 52.9 Å². The lowest BCUT2D eigenvalue weighted by atomic mass is 10.1. The molecule has 1 aromatic carbocycles. The van der Waals surface area contributed by atoms with Gasteiger partial charge in [0.15, 0.2) is 0 Å². The third-order valence-electron chi connectivity index (χ3n) is 3.48. The molecule has 0 aliphatic rings. The molecule has 0 aliphatic heterocycles. The molecule has 0 radical (unpaired) electrons. The molecule has 3 heterocycles. The maximum absolute atomic E-state index is 4.47. The van der Waals surface area contributed by atoms with E-state index in [2.05, 4.69) is 54.7 Å². The highest BCUT2D eigenvalue weighted by atomic mass is 127. The Bertz CT molecular complexity index is 947. The summed E-state index contributed by atoms with van der Waals surface area (Å²) in [7, 11) is 0. The number of aromatic nitrogens is 4. The molecule has 5 heteroatoms. The lowest BCUT2D eigenvalue weighted by Gasteiger charge is -2.04. The number of halogens is 1. The van der Waals surface area contributed by atoms with Gasteiger partial charge in [-0.1, -0.05) is 12.1 Å². The highest BCUT2D eigenvalue weighted by molar-refractivity contribution is 14.1. The van der Waals surface area contributed by atoms with Crippen LogP contribution in [0.5, 0.6) is 0 Å². The maximum Gasteiger partial charge on any atom is 0.0977 e. The second-order valence-electron chi connectivity index (χ2n) is 4.90. The number of hydrogen-bond donors (Lipinski definition) is 1. The van der Waals surface area contributed by atoms with E-state index in [4.69, 9.17) is 0 Å². The molecule has 0 saturated heterocycles. The summed E-state index contributed by atoms with van der Waals surface area (Å²) in [5, 5.41) is 1.11. The first-order chi connectivity index (χ1) is 10.8. The highest BCUT2D eigenvalue weighted by Crippen LogP contribution is 2.29. The van der Waals surface area contributed by atoms with E-state index >= 15 is 0 Å². The second kappa shape index (κ2) is 5.49. The zero-order valence-corrected chi connectivity index (χ0v) is 13.7. The number of rotatable bonds is 2. The molecule has 106 valence electrons. The van der Waals surface area contributed by atoms with Crippen molar-refractivity contribution in [3.8, 4) is 22.6 Å². The SMILES string of the molecule is Ic1cnc2ccc(-c3nc[nH]c3-c3ccccn3)cc2c1. The van der Waals surface area contributed by atoms with Gasteiger partial charge in [0.2, 0.25) is 0 Å². The van der Waals surface area contributed by atoms with Crippen molar-refractivity contribution in [1.82, 2.24) is 19.9 Å². The van der Waals surface area contributed by atoms with Crippen molar-refractivity contribution in [2.45, 2.75) is 0 Å². The van der Waals surface area contributed by atoms with Gasteiger partial charge in [0.1, 0.15) is 0 Å². The molecule has 0 aliphatic carbocycles. The van der Waals surface area contributed by atoms with Crippen LogP contribution in [0.1, 0.15) is 0 Å². The number of benzene rings is 1. The molecule has 4 nitrogen and oxygen atoms in total. The number of nitrogens with one attached hydrogen (secondary N) is 1. The fraction of sp³-hybridized carbons (Fsp3) is 0. The quantitative estimate of drug-likeness (QED) is 0.513. The Morgan fingerprint density at radius 1 is 0.955 bits per heavy atom. The number of aromatic amines is 1. The lowest BCUT2D eigenvalue weighted by molar-refractivity contribution is 1.27. The Morgan fingerprint density at radius 2 is 1.91 bits per heavy atom. The summed E-state index contributed by atoms with van der Waals surface area (Å²) in [5.74, 6) is 0. The Balaban J connectivity index is 1.88. The Morgan fingerprint density at radius 3 is 2.77 bits per heavy atom. The van der Waals surface area contributed by atoms with Gasteiger partial charge in [-0.15, -0.1) is 0 Å². The van der Waals surface area contributed by atoms with Gasteiger partial charge in [-0.25, -0.2) is 4.98 Å². The minimum absolute atomic E-state index is 0.885. The first-order valence-electron chi connectivity index (χ1n) is 6.82. The largest absolute Gasteiger partial charge is 0.343 e. The van der Waals surface area contributed by atoms with E-state index in [0.717, 1.165) is 37.1 Å². The molecule has 0 amide bonds. The van der Waals surface area contributed by atoms with Gasteiger partial charge in [-0.3, -0.25) is 9.97 Å². The monoisotopic (exact) mass is 398 g/mol. The van der Waals surface area contributed by atoms with Crippen LogP contribution in [0.15, 0.2) is 61.2 Å². The van der Waals surface area contributed by atoms with Crippen molar-refractivity contribution in [2.24, 2.45) is 0 Å². The molecule has 22 heavy (non-hydrogen) atoms. The first-order valence-corrected chi connectivity index (χ1v) is 7.89. The van der Waals surface area contributed by atoms with Crippen LogP contribution in [-0.2, 0) is 0 Å². The van der Waals surface area contributed by atoms with Crippen LogP contribution in [0.2, 0.25) is 0 Å². The third-order valence-corrected chi connectivity index (χ3v) is 4.07. The molecule has 0 unspecified atom stereocenters. The molecule has 4 rings (SSSR count). The number of hydrogen-bond acceptors (Lipinski definition) is 3. The van der Waals surface area contributed by atoms with Crippen LogP contribution in [0, 0.1) is 3.57 Å². The summed E-state index contributed by atoms with van der Waals surface area (Å²) in [5.41, 5.74) is 4.76. The van der Waals surface area contributed by atoms with Crippen LogP contribution in [-0.4, -0.2) is 19.9 Å². The Kier molecular flexibility index (Phi) is 3.34. The molecule has 0 saturated carbocycles. The molecule has 1 N–H and O–H groups in total. The minimum atomic E-state index is 0.885. The molecular formula is C17H11IN4. The summed E-state index contributed by atoms with van der Waals surface area (Å²) in [6.07, 6.45) is 5.36. The number of pyridine rings is 2. The van der Waals surface area contributed by atoms with E-state index < -0.39 is 0 Å². The molecule has 0 atom stereocenters. The fourth-order valence-corrected chi connectivity index (χ4v) is 2.95. The highest BCUT2D eigenvalue weighted by Gasteiger charge is 2.11. The summed E-state index contributed by atoms with van der Waals surface area (Å²) in [4.78, 5) is 16.5. The molecule has 0 bridgehead atoms. The van der Waals surface area contributed by atoms with Crippen molar-refractivity contribution >= 4 is 33.5 Å². The van der Waals surface area contributed by atoms with Gasteiger partial charge in [0.25, 0.3) is 0 Å². The van der Waals surface area contributed by atoms with Crippen molar-refractivity contribution in [3.63, 3.8) is 0 Å². The summed E-state index contributed by atoms with van der Waals surface area (Å²) >= 11 is 2.27. The third kappa shape index (κ3) is 2.37. The summed E-state index contributed by atoms with van der Waals surface area (Å²) < 4.78 is 1.12. The molecular weight excluding hydrogens is 387 g/mol. The van der Waals surface area contributed by atoms with Gasteiger partial charge in [-0.2, -0.15) is 0 Å². The first kappa shape index (κ1) is 13.4. The van der Waals surface area contributed by atoms with E-state index in [1.54, 1.807) is 12.5 Å². The Labute approximate surface area is 140 Å². The van der Waals surface area contributed by atoms with Crippen LogP contribution in [0.25, 0.3) is 33.5 Å². The van der Waals surface area contributed by atoms with Crippen molar-refractivity contribution in [1.29, 1.82) is 0 Å². The van der Waals surface area contributed by atoms with E-state index in [0.29, 0.717) is 0 Å². The van der Waals surface area contributed by atoms with Crippen molar-refractivity contribution in [2.75, 3.05) is 0 Å². The average molecular weight is 398 g/mol. The van der Waals surface area contributed by atoms with Crippen molar-refractivity contribution in [3.05, 3.63) is 64.8 Å². The van der Waals surface area contributed by atoms with Crippen LogP contribution in [0.3, 0.4) is 0 Å². The number of H-pyrrole nitrogens is 1. The zero-order valence-electron chi connectivity index (χ0n) is 11.5. The van der Waals surface area contributed by atoms with Crippen molar-refractivity contribution < 1.29 is 0 Å². The van der Waals surface area contributed by atoms with Crippen LogP contribution < -0.4 is 0 Å². The Hall–Kier alpha value is -2.28. The van der Waals surface area contributed by atoms with Gasteiger partial charge >= 0.3 is 0 Å². The topological polar surface area (TPSA) is 54.5 Å². The van der Waals surface area contributed by atoms with E-state index in [1.807, 2.05) is 36.5 Å². The predicted molar refractivity (Wildman–Crippen MR) is 95.3 cm³/mol. The molecule has 4 aromatic rings. The normalized spacial score (nSPS) is 11.0. The standard InChI is InChI=1S/C17H11IN4/c18-13-8-12-7-11(4-5-14(12)20-9-13)16-17(22-10-21-16)15-3-1-2-6-19-15/h1-10H,(H,21,22). The number of imidazole rings is 1. The van der Waals surface area contributed by atoms with Crippen LogP contribution >= 0.6 is 22.6 Å². The van der Waals surface area contributed by atoms with Gasteiger partial charge < -0.3 is 4.98 Å².